The molecule has 0 amide bonds. The topological polar surface area (TPSA) is 29.5 Å². The highest BCUT2D eigenvalue weighted by Crippen LogP contribution is 2.12. The van der Waals surface area contributed by atoms with Gasteiger partial charge in [0, 0.05) is 18.7 Å². The molecule has 11 heavy (non-hydrogen) atoms. The van der Waals surface area contributed by atoms with Gasteiger partial charge in [0.2, 0.25) is 0 Å². The van der Waals surface area contributed by atoms with E-state index in [1.807, 2.05) is 17.9 Å². The van der Waals surface area contributed by atoms with E-state index in [9.17, 15) is 4.79 Å². The molecule has 62 valence electrons. The summed E-state index contributed by atoms with van der Waals surface area (Å²) in [5, 5.41) is 1.90. The first-order valence-electron chi connectivity index (χ1n) is 3.97. The zero-order chi connectivity index (χ0) is 8.10. The predicted octanol–water partition coefficient (Wildman–Crippen LogP) is 0.792. The molecular formula is C8H13NO2. The summed E-state index contributed by atoms with van der Waals surface area (Å²) >= 11 is 0. The Morgan fingerprint density at radius 2 is 2.18 bits per heavy atom. The van der Waals surface area contributed by atoms with Crippen molar-refractivity contribution < 1.29 is 9.63 Å². The Morgan fingerprint density at radius 3 is 2.64 bits per heavy atom. The Bertz CT molecular complexity index is 163. The van der Waals surface area contributed by atoms with Crippen molar-refractivity contribution >= 4 is 5.94 Å². The zero-order valence-corrected chi connectivity index (χ0v) is 6.80. The van der Waals surface area contributed by atoms with Crippen molar-refractivity contribution in [2.75, 3.05) is 19.7 Å². The minimum absolute atomic E-state index is 0.708. The molecule has 1 rings (SSSR count). The molecule has 1 aliphatic heterocycles. The lowest BCUT2D eigenvalue weighted by atomic mass is 10.1. The van der Waals surface area contributed by atoms with Crippen LogP contribution in [0.3, 0.4) is 0 Å². The largest absolute Gasteiger partial charge is 0.299 e. The monoisotopic (exact) mass is 155 g/mol. The second-order valence-corrected chi connectivity index (χ2v) is 2.55. The number of carbonyl (C=O) groups excluding carboxylic acids is 1. The van der Waals surface area contributed by atoms with Crippen LogP contribution in [0, 0.1) is 0 Å². The van der Waals surface area contributed by atoms with Gasteiger partial charge in [-0.1, -0.05) is 0 Å². The van der Waals surface area contributed by atoms with Crippen LogP contribution in [0.2, 0.25) is 0 Å². The summed E-state index contributed by atoms with van der Waals surface area (Å²) in [5.74, 6) is 1.95. The van der Waals surface area contributed by atoms with E-state index < -0.39 is 0 Å². The fraction of sp³-hybridized carbons (Fsp3) is 0.750. The summed E-state index contributed by atoms with van der Waals surface area (Å²) in [6, 6.07) is 0. The van der Waals surface area contributed by atoms with Crippen LogP contribution in [0.4, 0.5) is 0 Å². The van der Waals surface area contributed by atoms with E-state index in [1.165, 1.54) is 0 Å². The van der Waals surface area contributed by atoms with Crippen LogP contribution < -0.4 is 0 Å². The van der Waals surface area contributed by atoms with Crippen molar-refractivity contribution in [2.45, 2.75) is 19.8 Å². The molecule has 0 aromatic rings. The van der Waals surface area contributed by atoms with E-state index in [1.54, 1.807) is 0 Å². The average molecular weight is 155 g/mol. The molecule has 3 heteroatoms. The molecule has 0 aliphatic carbocycles. The molecule has 0 aromatic heterocycles. The first-order valence-corrected chi connectivity index (χ1v) is 3.97. The van der Waals surface area contributed by atoms with Crippen LogP contribution >= 0.6 is 0 Å². The maximum atomic E-state index is 10.2. The number of hydrogen-bond donors (Lipinski definition) is 0. The number of nitrogens with zero attached hydrogens (tertiary/aromatic N) is 1. The zero-order valence-electron chi connectivity index (χ0n) is 6.80. The minimum atomic E-state index is 0.708. The van der Waals surface area contributed by atoms with Gasteiger partial charge in [-0.25, -0.2) is 4.79 Å². The van der Waals surface area contributed by atoms with Gasteiger partial charge in [0.05, 0.1) is 6.61 Å². The SMILES string of the molecule is CCON1CCC(=C=O)CC1. The van der Waals surface area contributed by atoms with Crippen molar-refractivity contribution in [3.05, 3.63) is 5.57 Å². The number of rotatable bonds is 2. The first kappa shape index (κ1) is 8.47. The van der Waals surface area contributed by atoms with Crippen molar-refractivity contribution in [3.8, 4) is 0 Å². The van der Waals surface area contributed by atoms with Crippen LogP contribution in [0.1, 0.15) is 19.8 Å². The Balaban J connectivity index is 2.30. The maximum absolute atomic E-state index is 10.2. The van der Waals surface area contributed by atoms with Gasteiger partial charge < -0.3 is 0 Å². The molecule has 1 fully saturated rings. The first-order chi connectivity index (χ1) is 5.36. The highest BCUT2D eigenvalue weighted by molar-refractivity contribution is 5.52. The molecule has 0 bridgehead atoms. The van der Waals surface area contributed by atoms with Gasteiger partial charge in [0.15, 0.2) is 0 Å². The van der Waals surface area contributed by atoms with Gasteiger partial charge in [-0.05, 0) is 19.8 Å². The molecule has 1 aliphatic rings. The van der Waals surface area contributed by atoms with Crippen molar-refractivity contribution in [1.29, 1.82) is 0 Å². The van der Waals surface area contributed by atoms with Gasteiger partial charge >= 0.3 is 0 Å². The molecule has 0 N–H and O–H groups in total. The highest BCUT2D eigenvalue weighted by Gasteiger charge is 2.13. The van der Waals surface area contributed by atoms with E-state index in [0.717, 1.165) is 31.5 Å². The fourth-order valence-electron chi connectivity index (χ4n) is 1.17. The quantitative estimate of drug-likeness (QED) is 0.552. The maximum Gasteiger partial charge on any atom is 0.123 e. The van der Waals surface area contributed by atoms with Crippen molar-refractivity contribution in [3.63, 3.8) is 0 Å². The van der Waals surface area contributed by atoms with Gasteiger partial charge in [0.25, 0.3) is 0 Å². The third-order valence-electron chi connectivity index (χ3n) is 1.78. The minimum Gasteiger partial charge on any atom is -0.299 e. The number of hydroxylamine groups is 2. The lowest BCUT2D eigenvalue weighted by molar-refractivity contribution is -0.158. The lowest BCUT2D eigenvalue weighted by Gasteiger charge is -2.25. The van der Waals surface area contributed by atoms with E-state index in [0.29, 0.717) is 6.61 Å². The predicted molar refractivity (Wildman–Crippen MR) is 41.6 cm³/mol. The van der Waals surface area contributed by atoms with Crippen LogP contribution in [0.5, 0.6) is 0 Å². The van der Waals surface area contributed by atoms with Gasteiger partial charge in [-0.15, -0.1) is 0 Å². The van der Waals surface area contributed by atoms with E-state index in [-0.39, 0.29) is 0 Å². The molecule has 0 unspecified atom stereocenters. The smallest absolute Gasteiger partial charge is 0.123 e. The van der Waals surface area contributed by atoms with Crippen LogP contribution in [-0.2, 0) is 9.63 Å². The second kappa shape index (κ2) is 4.29. The molecule has 0 spiro atoms. The summed E-state index contributed by atoms with van der Waals surface area (Å²) in [6.07, 6.45) is 1.62. The summed E-state index contributed by atoms with van der Waals surface area (Å²) in [5.41, 5.74) is 0.890. The third-order valence-corrected chi connectivity index (χ3v) is 1.78. The summed E-state index contributed by atoms with van der Waals surface area (Å²) < 4.78 is 0. The van der Waals surface area contributed by atoms with E-state index in [4.69, 9.17) is 4.84 Å². The molecular weight excluding hydrogens is 142 g/mol. The van der Waals surface area contributed by atoms with Crippen LogP contribution in [0.15, 0.2) is 5.57 Å². The number of hydrogen-bond acceptors (Lipinski definition) is 3. The lowest BCUT2D eigenvalue weighted by Crippen LogP contribution is -2.30. The van der Waals surface area contributed by atoms with Crippen LogP contribution in [-0.4, -0.2) is 30.7 Å². The Hall–Kier alpha value is -0.630. The second-order valence-electron chi connectivity index (χ2n) is 2.55. The average Bonchev–Trinajstić information content (AvgIpc) is 2.07. The van der Waals surface area contributed by atoms with E-state index >= 15 is 0 Å². The van der Waals surface area contributed by atoms with Crippen molar-refractivity contribution in [2.24, 2.45) is 0 Å². The number of piperidine rings is 1. The normalized spacial score (nSPS) is 19.9. The fourth-order valence-corrected chi connectivity index (χ4v) is 1.17. The standard InChI is InChI=1S/C8H13NO2/c1-2-11-9-5-3-8(7-10)4-6-9/h2-6H2,1H3. The van der Waals surface area contributed by atoms with Crippen LogP contribution in [0.25, 0.3) is 0 Å². The summed E-state index contributed by atoms with van der Waals surface area (Å²) in [6.45, 7) is 4.34. The summed E-state index contributed by atoms with van der Waals surface area (Å²) in [4.78, 5) is 15.5. The third kappa shape index (κ3) is 2.46. The molecule has 0 radical (unpaired) electrons. The Morgan fingerprint density at radius 1 is 1.55 bits per heavy atom. The molecule has 1 heterocycles. The van der Waals surface area contributed by atoms with Gasteiger partial charge in [0.1, 0.15) is 5.94 Å². The van der Waals surface area contributed by atoms with Gasteiger partial charge in [-0.2, -0.15) is 5.06 Å². The molecule has 0 saturated carbocycles. The highest BCUT2D eigenvalue weighted by atomic mass is 16.7. The molecule has 3 nitrogen and oxygen atoms in total. The van der Waals surface area contributed by atoms with Gasteiger partial charge in [-0.3, -0.25) is 4.84 Å². The molecule has 0 atom stereocenters. The Kier molecular flexibility index (Phi) is 3.30. The van der Waals surface area contributed by atoms with E-state index in [2.05, 4.69) is 0 Å². The molecule has 0 aromatic carbocycles. The Labute approximate surface area is 66.6 Å². The van der Waals surface area contributed by atoms with Crippen molar-refractivity contribution in [1.82, 2.24) is 5.06 Å². The summed E-state index contributed by atoms with van der Waals surface area (Å²) in [7, 11) is 0. The molecule has 1 saturated heterocycles.